The second kappa shape index (κ2) is 6.54. The number of nitrogens with one attached hydrogen (secondary N) is 2. The summed E-state index contributed by atoms with van der Waals surface area (Å²) in [7, 11) is 0. The summed E-state index contributed by atoms with van der Waals surface area (Å²) >= 11 is 1.69. The molecule has 0 aromatic rings. The van der Waals surface area contributed by atoms with Crippen LogP contribution in [-0.4, -0.2) is 36.3 Å². The van der Waals surface area contributed by atoms with Crippen LogP contribution in [0.15, 0.2) is 0 Å². The van der Waals surface area contributed by atoms with Gasteiger partial charge in [0.2, 0.25) is 0 Å². The van der Waals surface area contributed by atoms with Gasteiger partial charge in [-0.25, -0.2) is 4.79 Å². The molecule has 0 radical (unpaired) electrons. The Morgan fingerprint density at radius 1 is 1.22 bits per heavy atom. The first-order chi connectivity index (χ1) is 8.37. The number of hydrogen-bond acceptors (Lipinski definition) is 2. The molecule has 1 saturated carbocycles. The smallest absolute Gasteiger partial charge is 0.337 e. The van der Waals surface area contributed by atoms with Crippen LogP contribution >= 0.6 is 11.8 Å². The lowest BCUT2D eigenvalue weighted by molar-refractivity contribution is -0.122. The minimum Gasteiger partial charge on any atom is -0.337 e. The molecule has 1 aliphatic carbocycles. The molecule has 1 rings (SSSR count). The van der Waals surface area contributed by atoms with Gasteiger partial charge in [0.05, 0.1) is 0 Å². The first-order valence-corrected chi connectivity index (χ1v) is 7.23. The lowest BCUT2D eigenvalue weighted by Crippen LogP contribution is -2.47. The number of halogens is 3. The van der Waals surface area contributed by atoms with Gasteiger partial charge in [-0.15, -0.1) is 0 Å². The third-order valence-electron chi connectivity index (χ3n) is 3.22. The highest BCUT2D eigenvalue weighted by molar-refractivity contribution is 8.00. The third-order valence-corrected chi connectivity index (χ3v) is 4.64. The minimum atomic E-state index is -4.36. The molecule has 0 unspecified atom stereocenters. The normalized spacial score (nSPS) is 19.3. The van der Waals surface area contributed by atoms with Gasteiger partial charge < -0.3 is 10.6 Å². The Balaban J connectivity index is 2.32. The SMILES string of the molecule is CSC1(CNC(=O)NCC(F)(F)F)CCCCC1. The molecule has 2 N–H and O–H groups in total. The van der Waals surface area contributed by atoms with Crippen LogP contribution in [0.1, 0.15) is 32.1 Å². The Morgan fingerprint density at radius 2 is 1.83 bits per heavy atom. The van der Waals surface area contributed by atoms with Crippen LogP contribution in [0.4, 0.5) is 18.0 Å². The molecule has 1 aliphatic rings. The number of alkyl halides is 3. The molecule has 0 aliphatic heterocycles. The molecule has 3 nitrogen and oxygen atoms in total. The Hall–Kier alpha value is -0.590. The van der Waals surface area contributed by atoms with E-state index in [4.69, 9.17) is 0 Å². The van der Waals surface area contributed by atoms with Crippen molar-refractivity contribution in [1.29, 1.82) is 0 Å². The maximum Gasteiger partial charge on any atom is 0.405 e. The highest BCUT2D eigenvalue weighted by Gasteiger charge is 2.32. The molecule has 1 fully saturated rings. The van der Waals surface area contributed by atoms with E-state index in [1.807, 2.05) is 11.6 Å². The number of hydrogen-bond donors (Lipinski definition) is 2. The van der Waals surface area contributed by atoms with Gasteiger partial charge in [-0.2, -0.15) is 24.9 Å². The van der Waals surface area contributed by atoms with E-state index in [-0.39, 0.29) is 4.75 Å². The monoisotopic (exact) mass is 284 g/mol. The summed E-state index contributed by atoms with van der Waals surface area (Å²) in [6.45, 7) is -0.858. The first-order valence-electron chi connectivity index (χ1n) is 6.00. The summed E-state index contributed by atoms with van der Waals surface area (Å²) in [5, 5.41) is 4.37. The fraction of sp³-hybridized carbons (Fsp3) is 0.909. The van der Waals surface area contributed by atoms with Crippen molar-refractivity contribution < 1.29 is 18.0 Å². The van der Waals surface area contributed by atoms with Crippen molar-refractivity contribution in [3.05, 3.63) is 0 Å². The van der Waals surface area contributed by atoms with Crippen molar-refractivity contribution in [2.45, 2.75) is 43.0 Å². The van der Waals surface area contributed by atoms with Crippen molar-refractivity contribution in [3.63, 3.8) is 0 Å². The maximum absolute atomic E-state index is 11.9. The van der Waals surface area contributed by atoms with E-state index >= 15 is 0 Å². The fourth-order valence-corrected chi connectivity index (χ4v) is 3.05. The molecule has 0 bridgehead atoms. The molecule has 0 aromatic carbocycles. The molecule has 18 heavy (non-hydrogen) atoms. The molecule has 106 valence electrons. The predicted molar refractivity (Wildman–Crippen MR) is 66.8 cm³/mol. The largest absolute Gasteiger partial charge is 0.405 e. The van der Waals surface area contributed by atoms with Crippen LogP contribution in [0, 0.1) is 0 Å². The Kier molecular flexibility index (Phi) is 5.62. The number of carbonyl (C=O) groups excluding carboxylic acids is 1. The highest BCUT2D eigenvalue weighted by atomic mass is 32.2. The van der Waals surface area contributed by atoms with E-state index in [0.717, 1.165) is 25.7 Å². The average molecular weight is 284 g/mol. The second-order valence-corrected chi connectivity index (χ2v) is 5.87. The quantitative estimate of drug-likeness (QED) is 0.833. The summed E-state index contributed by atoms with van der Waals surface area (Å²) in [5.74, 6) is 0. The van der Waals surface area contributed by atoms with E-state index in [0.29, 0.717) is 6.54 Å². The number of amides is 2. The molecule has 0 saturated heterocycles. The zero-order valence-corrected chi connectivity index (χ0v) is 11.2. The summed E-state index contributed by atoms with van der Waals surface area (Å²) in [4.78, 5) is 11.3. The van der Waals surface area contributed by atoms with Crippen molar-refractivity contribution in [2.24, 2.45) is 0 Å². The number of rotatable bonds is 4. The summed E-state index contributed by atoms with van der Waals surface area (Å²) in [5.41, 5.74) is 0. The molecular formula is C11H19F3N2OS. The Morgan fingerprint density at radius 3 is 2.33 bits per heavy atom. The standard InChI is InChI=1S/C11H19F3N2OS/c1-18-10(5-3-2-4-6-10)7-15-9(17)16-8-11(12,13)14/h2-8H2,1H3,(H2,15,16,17). The van der Waals surface area contributed by atoms with Gasteiger partial charge in [0.25, 0.3) is 0 Å². The van der Waals surface area contributed by atoms with Gasteiger partial charge in [-0.05, 0) is 19.1 Å². The van der Waals surface area contributed by atoms with Crippen molar-refractivity contribution in [2.75, 3.05) is 19.3 Å². The van der Waals surface area contributed by atoms with Gasteiger partial charge in [-0.1, -0.05) is 19.3 Å². The molecule has 0 aromatic heterocycles. The summed E-state index contributed by atoms with van der Waals surface area (Å²) in [6, 6.07) is -0.744. The van der Waals surface area contributed by atoms with Crippen molar-refractivity contribution in [3.8, 4) is 0 Å². The van der Waals surface area contributed by atoms with E-state index in [9.17, 15) is 18.0 Å². The zero-order valence-electron chi connectivity index (χ0n) is 10.4. The fourth-order valence-electron chi connectivity index (χ4n) is 2.13. The third kappa shape index (κ3) is 5.37. The van der Waals surface area contributed by atoms with Crippen LogP contribution in [0.5, 0.6) is 0 Å². The first kappa shape index (κ1) is 15.5. The van der Waals surface area contributed by atoms with Gasteiger partial charge in [0, 0.05) is 11.3 Å². The second-order valence-electron chi connectivity index (χ2n) is 4.60. The van der Waals surface area contributed by atoms with Gasteiger partial charge in [0.1, 0.15) is 6.54 Å². The molecular weight excluding hydrogens is 265 g/mol. The Labute approximate surface area is 109 Å². The van der Waals surface area contributed by atoms with E-state index < -0.39 is 18.8 Å². The van der Waals surface area contributed by atoms with E-state index in [1.165, 1.54) is 6.42 Å². The number of carbonyl (C=O) groups is 1. The lowest BCUT2D eigenvalue weighted by atomic mass is 9.88. The minimum absolute atomic E-state index is 0.00613. The number of thioether (sulfide) groups is 1. The maximum atomic E-state index is 11.9. The average Bonchev–Trinajstić information content (AvgIpc) is 2.34. The predicted octanol–water partition coefficient (Wildman–Crippen LogP) is 2.91. The molecule has 2 amide bonds. The summed E-state index contributed by atoms with van der Waals surface area (Å²) in [6.07, 6.45) is 3.07. The van der Waals surface area contributed by atoms with Gasteiger partial charge in [-0.3, -0.25) is 0 Å². The van der Waals surface area contributed by atoms with Gasteiger partial charge >= 0.3 is 12.2 Å². The topological polar surface area (TPSA) is 41.1 Å². The van der Waals surface area contributed by atoms with Crippen molar-refractivity contribution in [1.82, 2.24) is 10.6 Å². The molecule has 0 heterocycles. The highest BCUT2D eigenvalue weighted by Crippen LogP contribution is 2.37. The number of urea groups is 1. The van der Waals surface area contributed by atoms with Gasteiger partial charge in [0.15, 0.2) is 0 Å². The summed E-state index contributed by atoms with van der Waals surface area (Å²) < 4.78 is 35.7. The lowest BCUT2D eigenvalue weighted by Gasteiger charge is -2.35. The van der Waals surface area contributed by atoms with Crippen LogP contribution in [0.25, 0.3) is 0 Å². The molecule has 0 atom stereocenters. The van der Waals surface area contributed by atoms with E-state index in [1.54, 1.807) is 11.8 Å². The Bertz CT molecular complexity index is 278. The van der Waals surface area contributed by atoms with Crippen molar-refractivity contribution >= 4 is 17.8 Å². The van der Waals surface area contributed by atoms with Crippen LogP contribution in [0.3, 0.4) is 0 Å². The molecule has 7 heteroatoms. The molecule has 0 spiro atoms. The van der Waals surface area contributed by atoms with E-state index in [2.05, 4.69) is 5.32 Å². The van der Waals surface area contributed by atoms with Crippen LogP contribution < -0.4 is 10.6 Å². The van der Waals surface area contributed by atoms with Crippen LogP contribution in [0.2, 0.25) is 0 Å². The zero-order chi connectivity index (χ0) is 13.6. The van der Waals surface area contributed by atoms with Crippen LogP contribution in [-0.2, 0) is 0 Å².